The Labute approximate surface area is 179 Å². The van der Waals surface area contributed by atoms with Crippen LogP contribution in [0.4, 0.5) is 4.79 Å². The molecule has 1 heterocycles. The van der Waals surface area contributed by atoms with E-state index in [1.165, 1.54) is 4.90 Å². The molecule has 1 radical (unpaired) electrons. The van der Waals surface area contributed by atoms with Crippen LogP contribution in [0.5, 0.6) is 0 Å². The minimum Gasteiger partial charge on any atom is -0.480 e. The van der Waals surface area contributed by atoms with Gasteiger partial charge in [-0.2, -0.15) is 0 Å². The van der Waals surface area contributed by atoms with Crippen LogP contribution in [0.3, 0.4) is 0 Å². The van der Waals surface area contributed by atoms with Crippen molar-refractivity contribution in [1.29, 1.82) is 0 Å². The van der Waals surface area contributed by atoms with Gasteiger partial charge < -0.3 is 9.84 Å². The Bertz CT molecular complexity index is 380. The minimum atomic E-state index is -0.916. The maximum Gasteiger partial charge on any atom is 0.411 e. The zero-order valence-electron chi connectivity index (χ0n) is 12.9. The van der Waals surface area contributed by atoms with E-state index in [0.717, 1.165) is 25.7 Å². The summed E-state index contributed by atoms with van der Waals surface area (Å²) in [5.41, 5.74) is -0.590. The molecule has 1 aliphatic heterocycles. The molecule has 0 aromatic rings. The van der Waals surface area contributed by atoms with Gasteiger partial charge in [0.05, 0.1) is 0 Å². The van der Waals surface area contributed by atoms with Gasteiger partial charge in [-0.15, -0.1) is 0 Å². The number of fused-ring (bicyclic) bond motifs is 1. The van der Waals surface area contributed by atoms with E-state index in [0.29, 0.717) is 12.3 Å². The first-order valence-corrected chi connectivity index (χ1v) is 7.04. The van der Waals surface area contributed by atoms with Crippen LogP contribution in [-0.2, 0) is 9.53 Å². The van der Waals surface area contributed by atoms with Crippen LogP contribution >= 0.6 is 0 Å². The number of aliphatic carboxylic acids is 1. The Balaban J connectivity index is 0.00000200. The predicted octanol–water partition coefficient (Wildman–Crippen LogP) is 2.26. The number of carbonyl (C=O) groups excluding carboxylic acids is 1. The summed E-state index contributed by atoms with van der Waals surface area (Å²) in [4.78, 5) is 25.1. The number of carboxylic acids is 1. The summed E-state index contributed by atoms with van der Waals surface area (Å²) >= 11 is 0. The van der Waals surface area contributed by atoms with E-state index in [2.05, 4.69) is 0 Å². The van der Waals surface area contributed by atoms with Crippen LogP contribution in [0.25, 0.3) is 0 Å². The molecule has 2 fully saturated rings. The molecule has 5 nitrogen and oxygen atoms in total. The molecule has 1 amide bonds. The Kier molecular flexibility index (Phi) is 6.94. The number of nitrogens with zero attached hydrogens (tertiary/aromatic N) is 1. The Morgan fingerprint density at radius 3 is 2.35 bits per heavy atom. The maximum atomic E-state index is 12.3. The molecular formula is C14H23CsNO4. The molecule has 1 aliphatic carbocycles. The van der Waals surface area contributed by atoms with E-state index in [9.17, 15) is 14.7 Å². The number of hydrogen-bond donors (Lipinski definition) is 1. The summed E-state index contributed by atoms with van der Waals surface area (Å²) in [7, 11) is 0. The van der Waals surface area contributed by atoms with Gasteiger partial charge in [-0.1, -0.05) is 12.8 Å². The second-order valence-corrected chi connectivity index (χ2v) is 6.59. The topological polar surface area (TPSA) is 66.8 Å². The average molecular weight is 402 g/mol. The zero-order valence-corrected chi connectivity index (χ0v) is 19.2. The van der Waals surface area contributed by atoms with Gasteiger partial charge in [0.15, 0.2) is 0 Å². The second kappa shape index (κ2) is 7.37. The fourth-order valence-corrected chi connectivity index (χ4v) is 3.26. The van der Waals surface area contributed by atoms with Gasteiger partial charge >= 0.3 is 12.1 Å². The number of carbonyl (C=O) groups is 2. The SMILES string of the molecule is CC(C)(C)OC(=O)N1C(C(=O)O)CC2CCCCC21.[Cs]. The Morgan fingerprint density at radius 2 is 1.80 bits per heavy atom. The van der Waals surface area contributed by atoms with Crippen molar-refractivity contribution in [1.82, 2.24) is 4.90 Å². The van der Waals surface area contributed by atoms with Gasteiger partial charge in [-0.05, 0) is 46.0 Å². The van der Waals surface area contributed by atoms with Crippen LogP contribution in [0.2, 0.25) is 0 Å². The van der Waals surface area contributed by atoms with Crippen LogP contribution in [0.15, 0.2) is 0 Å². The Hall–Kier alpha value is 0.792. The van der Waals surface area contributed by atoms with Crippen molar-refractivity contribution in [2.24, 2.45) is 5.92 Å². The molecule has 3 atom stereocenters. The van der Waals surface area contributed by atoms with Crippen LogP contribution in [-0.4, -0.2) is 109 Å². The molecule has 0 spiro atoms. The zero-order chi connectivity index (χ0) is 14.2. The molecule has 109 valence electrons. The van der Waals surface area contributed by atoms with E-state index in [1.807, 2.05) is 0 Å². The minimum absolute atomic E-state index is 0. The van der Waals surface area contributed by atoms with Crippen molar-refractivity contribution in [3.8, 4) is 0 Å². The third-order valence-corrected chi connectivity index (χ3v) is 3.98. The first-order chi connectivity index (χ1) is 8.79. The van der Waals surface area contributed by atoms with Crippen molar-refractivity contribution in [3.63, 3.8) is 0 Å². The van der Waals surface area contributed by atoms with Gasteiger partial charge in [-0.25, -0.2) is 9.59 Å². The summed E-state index contributed by atoms with van der Waals surface area (Å²) in [6, 6.07) is -0.673. The third kappa shape index (κ3) is 4.39. The van der Waals surface area contributed by atoms with E-state index in [-0.39, 0.29) is 74.9 Å². The summed E-state index contributed by atoms with van der Waals surface area (Å²) in [6.45, 7) is 5.40. The molecule has 0 aromatic heterocycles. The molecule has 0 aromatic carbocycles. The molecule has 0 bridgehead atoms. The number of ether oxygens (including phenoxy) is 1. The van der Waals surface area contributed by atoms with E-state index < -0.39 is 23.7 Å². The molecule has 3 unspecified atom stereocenters. The van der Waals surface area contributed by atoms with Crippen LogP contribution in [0, 0.1) is 5.92 Å². The van der Waals surface area contributed by atoms with Crippen molar-refractivity contribution < 1.29 is 19.4 Å². The third-order valence-electron chi connectivity index (χ3n) is 3.98. The number of carboxylic acid groups (broad SMARTS) is 1. The Morgan fingerprint density at radius 1 is 1.20 bits per heavy atom. The number of amides is 1. The normalized spacial score (nSPS) is 29.4. The van der Waals surface area contributed by atoms with Gasteiger partial charge in [-0.3, -0.25) is 4.90 Å². The maximum absolute atomic E-state index is 12.3. The fourth-order valence-electron chi connectivity index (χ4n) is 3.26. The van der Waals surface area contributed by atoms with Gasteiger partial charge in [0.1, 0.15) is 11.6 Å². The quantitative estimate of drug-likeness (QED) is 0.731. The summed E-state index contributed by atoms with van der Waals surface area (Å²) in [5, 5.41) is 9.33. The van der Waals surface area contributed by atoms with Crippen LogP contribution in [0.1, 0.15) is 52.9 Å². The monoisotopic (exact) mass is 402 g/mol. The van der Waals surface area contributed by atoms with Crippen molar-refractivity contribution in [3.05, 3.63) is 0 Å². The average Bonchev–Trinajstić information content (AvgIpc) is 2.65. The fraction of sp³-hybridized carbons (Fsp3) is 0.857. The standard InChI is InChI=1S/C14H23NO4.Cs/c1-14(2,3)19-13(18)15-10-7-5-4-6-9(10)8-11(15)12(16)17;/h9-11H,4-8H2,1-3H3,(H,16,17);. The van der Waals surface area contributed by atoms with Gasteiger partial charge in [0.2, 0.25) is 0 Å². The molecule has 1 saturated heterocycles. The molecule has 6 heteroatoms. The molecule has 2 rings (SSSR count). The first-order valence-electron chi connectivity index (χ1n) is 7.04. The predicted molar refractivity (Wildman–Crippen MR) is 75.6 cm³/mol. The second-order valence-electron chi connectivity index (χ2n) is 6.59. The van der Waals surface area contributed by atoms with E-state index >= 15 is 0 Å². The molecule has 20 heavy (non-hydrogen) atoms. The summed E-state index contributed by atoms with van der Waals surface area (Å²) < 4.78 is 5.37. The largest absolute Gasteiger partial charge is 0.480 e. The molecule has 2 aliphatic rings. The first kappa shape index (κ1) is 18.8. The van der Waals surface area contributed by atoms with Crippen molar-refractivity contribution in [2.45, 2.75) is 70.6 Å². The molecular weight excluding hydrogens is 379 g/mol. The van der Waals surface area contributed by atoms with Crippen molar-refractivity contribution >= 4 is 81.0 Å². The van der Waals surface area contributed by atoms with Crippen LogP contribution < -0.4 is 0 Å². The summed E-state index contributed by atoms with van der Waals surface area (Å²) in [5.74, 6) is -0.595. The number of hydrogen-bond acceptors (Lipinski definition) is 3. The molecule has 1 saturated carbocycles. The number of likely N-dealkylation sites (tertiary alicyclic amines) is 1. The van der Waals surface area contributed by atoms with Gasteiger partial charge in [0.25, 0.3) is 0 Å². The van der Waals surface area contributed by atoms with E-state index in [4.69, 9.17) is 4.74 Å². The summed E-state index contributed by atoms with van der Waals surface area (Å²) in [6.07, 6.45) is 4.21. The smallest absolute Gasteiger partial charge is 0.411 e. The van der Waals surface area contributed by atoms with E-state index in [1.54, 1.807) is 20.8 Å². The number of rotatable bonds is 1. The van der Waals surface area contributed by atoms with Gasteiger partial charge in [0, 0.05) is 74.9 Å². The van der Waals surface area contributed by atoms with Crippen molar-refractivity contribution in [2.75, 3.05) is 0 Å². The molecule has 1 N–H and O–H groups in total.